The standard InChI is InChI=1S/C22H22N2O2S/c1-15(2)14-26-20-10-6-5-9-19(20)21(25)24-22(27)23-18-12-11-16-7-3-4-8-17(16)13-18/h3-13,15H,14H2,1-2H3,(H2,23,24,25,27). The molecule has 0 atom stereocenters. The zero-order chi connectivity index (χ0) is 19.2. The topological polar surface area (TPSA) is 50.4 Å². The average Bonchev–Trinajstić information content (AvgIpc) is 2.66. The van der Waals surface area contributed by atoms with Crippen LogP contribution >= 0.6 is 12.2 Å². The lowest BCUT2D eigenvalue weighted by Gasteiger charge is -2.14. The normalized spacial score (nSPS) is 10.6. The summed E-state index contributed by atoms with van der Waals surface area (Å²) in [7, 11) is 0. The highest BCUT2D eigenvalue weighted by molar-refractivity contribution is 7.80. The number of rotatable bonds is 5. The first kappa shape index (κ1) is 18.9. The molecule has 3 rings (SSSR count). The summed E-state index contributed by atoms with van der Waals surface area (Å²) < 4.78 is 5.74. The van der Waals surface area contributed by atoms with Crippen molar-refractivity contribution < 1.29 is 9.53 Å². The highest BCUT2D eigenvalue weighted by atomic mass is 32.1. The Balaban J connectivity index is 1.67. The van der Waals surface area contributed by atoms with Crippen LogP contribution in [0.25, 0.3) is 10.8 Å². The van der Waals surface area contributed by atoms with Crippen LogP contribution in [0.2, 0.25) is 0 Å². The van der Waals surface area contributed by atoms with E-state index in [4.69, 9.17) is 17.0 Å². The van der Waals surface area contributed by atoms with Gasteiger partial charge in [-0.2, -0.15) is 0 Å². The Labute approximate surface area is 164 Å². The number of carbonyl (C=O) groups excluding carboxylic acids is 1. The van der Waals surface area contributed by atoms with Gasteiger partial charge in [-0.3, -0.25) is 10.1 Å². The molecular formula is C22H22N2O2S. The van der Waals surface area contributed by atoms with E-state index in [-0.39, 0.29) is 11.0 Å². The molecule has 0 heterocycles. The lowest BCUT2D eigenvalue weighted by Crippen LogP contribution is -2.34. The fourth-order valence-corrected chi connectivity index (χ4v) is 2.85. The number of hydrogen-bond donors (Lipinski definition) is 2. The van der Waals surface area contributed by atoms with Crippen molar-refractivity contribution in [3.63, 3.8) is 0 Å². The molecule has 0 aliphatic rings. The van der Waals surface area contributed by atoms with Crippen molar-refractivity contribution in [3.05, 3.63) is 72.3 Å². The van der Waals surface area contributed by atoms with Crippen molar-refractivity contribution in [1.82, 2.24) is 5.32 Å². The molecule has 2 N–H and O–H groups in total. The number of nitrogens with one attached hydrogen (secondary N) is 2. The van der Waals surface area contributed by atoms with Gasteiger partial charge >= 0.3 is 0 Å². The predicted octanol–water partition coefficient (Wildman–Crippen LogP) is 5.00. The summed E-state index contributed by atoms with van der Waals surface area (Å²) in [5.41, 5.74) is 1.28. The molecule has 3 aromatic rings. The molecule has 0 aromatic heterocycles. The number of hydrogen-bond acceptors (Lipinski definition) is 3. The van der Waals surface area contributed by atoms with Crippen molar-refractivity contribution in [2.24, 2.45) is 5.92 Å². The number of amides is 1. The van der Waals surface area contributed by atoms with Gasteiger partial charge in [0.05, 0.1) is 12.2 Å². The zero-order valence-corrected chi connectivity index (χ0v) is 16.2. The number of fused-ring (bicyclic) bond motifs is 1. The summed E-state index contributed by atoms with van der Waals surface area (Å²) in [6.45, 7) is 4.67. The molecule has 0 unspecified atom stereocenters. The van der Waals surface area contributed by atoms with Crippen LogP contribution in [0, 0.1) is 5.92 Å². The number of para-hydroxylation sites is 1. The van der Waals surface area contributed by atoms with Gasteiger partial charge in [0.15, 0.2) is 5.11 Å². The maximum Gasteiger partial charge on any atom is 0.261 e. The molecule has 1 amide bonds. The maximum absolute atomic E-state index is 12.6. The van der Waals surface area contributed by atoms with Gasteiger partial charge in [0, 0.05) is 5.69 Å². The third kappa shape index (κ3) is 5.05. The number of anilines is 1. The van der Waals surface area contributed by atoms with Crippen LogP contribution in [0.15, 0.2) is 66.7 Å². The van der Waals surface area contributed by atoms with E-state index in [0.29, 0.717) is 23.8 Å². The van der Waals surface area contributed by atoms with Gasteiger partial charge in [0.1, 0.15) is 5.75 Å². The van der Waals surface area contributed by atoms with Crippen LogP contribution in [0.3, 0.4) is 0 Å². The van der Waals surface area contributed by atoms with Crippen LogP contribution in [0.4, 0.5) is 5.69 Å². The summed E-state index contributed by atoms with van der Waals surface area (Å²) in [6.07, 6.45) is 0. The van der Waals surface area contributed by atoms with E-state index in [0.717, 1.165) is 16.5 Å². The minimum Gasteiger partial charge on any atom is -0.492 e. The first-order valence-corrected chi connectivity index (χ1v) is 9.26. The SMILES string of the molecule is CC(C)COc1ccccc1C(=O)NC(=S)Nc1ccc2ccccc2c1. The van der Waals surface area contributed by atoms with E-state index in [1.807, 2.05) is 48.5 Å². The largest absolute Gasteiger partial charge is 0.492 e. The number of carbonyl (C=O) groups is 1. The minimum atomic E-state index is -0.298. The fraction of sp³-hybridized carbons (Fsp3) is 0.182. The molecule has 0 fully saturated rings. The molecule has 27 heavy (non-hydrogen) atoms. The molecule has 0 saturated carbocycles. The van der Waals surface area contributed by atoms with Crippen LogP contribution in [0.1, 0.15) is 24.2 Å². The smallest absolute Gasteiger partial charge is 0.261 e. The highest BCUT2D eigenvalue weighted by Crippen LogP contribution is 2.20. The van der Waals surface area contributed by atoms with Gasteiger partial charge in [0.2, 0.25) is 0 Å². The Morgan fingerprint density at radius 3 is 2.48 bits per heavy atom. The van der Waals surface area contributed by atoms with Crippen molar-refractivity contribution in [2.45, 2.75) is 13.8 Å². The highest BCUT2D eigenvalue weighted by Gasteiger charge is 2.14. The molecule has 0 spiro atoms. The molecule has 0 radical (unpaired) electrons. The van der Waals surface area contributed by atoms with Crippen molar-refractivity contribution in [3.8, 4) is 5.75 Å². The Bertz CT molecular complexity index is 969. The summed E-state index contributed by atoms with van der Waals surface area (Å²) >= 11 is 5.30. The van der Waals surface area contributed by atoms with E-state index < -0.39 is 0 Å². The summed E-state index contributed by atoms with van der Waals surface area (Å²) in [5.74, 6) is 0.626. The first-order valence-electron chi connectivity index (χ1n) is 8.86. The Morgan fingerprint density at radius 2 is 1.70 bits per heavy atom. The van der Waals surface area contributed by atoms with Gasteiger partial charge in [-0.25, -0.2) is 0 Å². The maximum atomic E-state index is 12.6. The van der Waals surface area contributed by atoms with Crippen LogP contribution in [0.5, 0.6) is 5.75 Å². The number of thiocarbonyl (C=S) groups is 1. The zero-order valence-electron chi connectivity index (χ0n) is 15.4. The van der Waals surface area contributed by atoms with E-state index in [1.54, 1.807) is 18.2 Å². The van der Waals surface area contributed by atoms with Gasteiger partial charge in [0.25, 0.3) is 5.91 Å². The molecule has 4 nitrogen and oxygen atoms in total. The third-order valence-corrected chi connectivity index (χ3v) is 4.14. The van der Waals surface area contributed by atoms with Crippen LogP contribution in [-0.2, 0) is 0 Å². The predicted molar refractivity (Wildman–Crippen MR) is 114 cm³/mol. The monoisotopic (exact) mass is 378 g/mol. The molecule has 138 valence electrons. The Morgan fingerprint density at radius 1 is 1.00 bits per heavy atom. The molecule has 0 aliphatic heterocycles. The number of benzene rings is 3. The summed E-state index contributed by atoms with van der Waals surface area (Å²) in [5, 5.41) is 8.28. The molecule has 0 aliphatic carbocycles. The van der Waals surface area contributed by atoms with Crippen molar-refractivity contribution >= 4 is 39.7 Å². The second-order valence-electron chi connectivity index (χ2n) is 6.67. The number of ether oxygens (including phenoxy) is 1. The lowest BCUT2D eigenvalue weighted by molar-refractivity contribution is 0.0973. The van der Waals surface area contributed by atoms with E-state index in [1.165, 1.54) is 0 Å². The van der Waals surface area contributed by atoms with Gasteiger partial charge in [-0.1, -0.05) is 56.3 Å². The van der Waals surface area contributed by atoms with E-state index in [2.05, 4.69) is 24.5 Å². The quantitative estimate of drug-likeness (QED) is 0.613. The minimum absolute atomic E-state index is 0.244. The first-order chi connectivity index (χ1) is 13.0. The lowest BCUT2D eigenvalue weighted by atomic mass is 10.1. The van der Waals surface area contributed by atoms with Gasteiger partial charge in [-0.15, -0.1) is 0 Å². The molecule has 5 heteroatoms. The molecule has 0 saturated heterocycles. The third-order valence-electron chi connectivity index (χ3n) is 3.94. The molecule has 0 bridgehead atoms. The van der Waals surface area contributed by atoms with Gasteiger partial charge in [-0.05, 0) is 53.2 Å². The van der Waals surface area contributed by atoms with Crippen molar-refractivity contribution in [1.29, 1.82) is 0 Å². The molecule has 3 aromatic carbocycles. The Hall–Kier alpha value is -2.92. The van der Waals surface area contributed by atoms with Crippen LogP contribution < -0.4 is 15.4 Å². The van der Waals surface area contributed by atoms with Gasteiger partial charge < -0.3 is 10.1 Å². The Kier molecular flexibility index (Phi) is 6.04. The van der Waals surface area contributed by atoms with Crippen LogP contribution in [-0.4, -0.2) is 17.6 Å². The summed E-state index contributed by atoms with van der Waals surface area (Å²) in [6, 6.07) is 21.2. The van der Waals surface area contributed by atoms with Crippen molar-refractivity contribution in [2.75, 3.05) is 11.9 Å². The second kappa shape index (κ2) is 8.64. The van der Waals surface area contributed by atoms with E-state index >= 15 is 0 Å². The molecular weight excluding hydrogens is 356 g/mol. The van der Waals surface area contributed by atoms with E-state index in [9.17, 15) is 4.79 Å². The second-order valence-corrected chi connectivity index (χ2v) is 7.08. The summed E-state index contributed by atoms with van der Waals surface area (Å²) in [4.78, 5) is 12.6. The fourth-order valence-electron chi connectivity index (χ4n) is 2.64. The average molecular weight is 378 g/mol.